The molecule has 1 aliphatic heterocycles. The maximum Gasteiger partial charge on any atom is 0.138 e. The van der Waals surface area contributed by atoms with E-state index in [0.29, 0.717) is 11.5 Å². The molecule has 0 aromatic heterocycles. The van der Waals surface area contributed by atoms with Crippen LogP contribution in [0.4, 0.5) is 0 Å². The standard InChI is InChI=1S/C12H12O2/c1-7-4-10-11(13)6-9(3)14-12(10)5-8(7)2/h4-6,13H,3H2,1-2H3. The van der Waals surface area contributed by atoms with Crippen molar-refractivity contribution in [2.24, 2.45) is 0 Å². The molecule has 2 heteroatoms. The summed E-state index contributed by atoms with van der Waals surface area (Å²) in [6.07, 6.45) is 1.52. The minimum atomic E-state index is 0.222. The van der Waals surface area contributed by atoms with Gasteiger partial charge in [0.25, 0.3) is 0 Å². The molecule has 72 valence electrons. The molecule has 0 fully saturated rings. The van der Waals surface area contributed by atoms with Crippen LogP contribution in [0, 0.1) is 13.8 Å². The van der Waals surface area contributed by atoms with Gasteiger partial charge >= 0.3 is 0 Å². The van der Waals surface area contributed by atoms with E-state index in [4.69, 9.17) is 4.74 Å². The van der Waals surface area contributed by atoms with E-state index >= 15 is 0 Å². The molecule has 0 spiro atoms. The lowest BCUT2D eigenvalue weighted by Gasteiger charge is -2.17. The summed E-state index contributed by atoms with van der Waals surface area (Å²) in [5, 5.41) is 9.67. The smallest absolute Gasteiger partial charge is 0.138 e. The van der Waals surface area contributed by atoms with Gasteiger partial charge in [-0.05, 0) is 37.1 Å². The van der Waals surface area contributed by atoms with Crippen LogP contribution in [0.1, 0.15) is 16.7 Å². The molecule has 0 aliphatic carbocycles. The SMILES string of the molecule is C=C1C=C(O)c2cc(C)c(C)cc2O1. The van der Waals surface area contributed by atoms with Crippen molar-refractivity contribution in [3.8, 4) is 5.75 Å². The van der Waals surface area contributed by atoms with Crippen LogP contribution in [-0.2, 0) is 0 Å². The van der Waals surface area contributed by atoms with Crippen molar-refractivity contribution in [2.75, 3.05) is 0 Å². The maximum absolute atomic E-state index is 9.67. The van der Waals surface area contributed by atoms with Gasteiger partial charge < -0.3 is 9.84 Å². The predicted molar refractivity (Wildman–Crippen MR) is 56.3 cm³/mol. The fourth-order valence-electron chi connectivity index (χ4n) is 1.48. The van der Waals surface area contributed by atoms with Gasteiger partial charge in [0.1, 0.15) is 17.3 Å². The summed E-state index contributed by atoms with van der Waals surface area (Å²) in [6, 6.07) is 3.84. The second-order valence-corrected chi connectivity index (χ2v) is 3.53. The summed E-state index contributed by atoms with van der Waals surface area (Å²) in [5.41, 5.74) is 3.02. The zero-order chi connectivity index (χ0) is 10.3. The monoisotopic (exact) mass is 188 g/mol. The van der Waals surface area contributed by atoms with Crippen LogP contribution >= 0.6 is 0 Å². The first-order chi connectivity index (χ1) is 6.58. The molecule has 0 atom stereocenters. The average molecular weight is 188 g/mol. The van der Waals surface area contributed by atoms with E-state index in [9.17, 15) is 5.11 Å². The number of allylic oxidation sites excluding steroid dienone is 1. The van der Waals surface area contributed by atoms with Crippen LogP contribution < -0.4 is 4.74 Å². The molecule has 1 heterocycles. The first kappa shape index (κ1) is 8.88. The predicted octanol–water partition coefficient (Wildman–Crippen LogP) is 3.11. The molecule has 0 unspecified atom stereocenters. The molecule has 0 bridgehead atoms. The summed E-state index contributed by atoms with van der Waals surface area (Å²) in [4.78, 5) is 0. The Morgan fingerprint density at radius 3 is 2.57 bits per heavy atom. The van der Waals surface area contributed by atoms with Gasteiger partial charge in [-0.1, -0.05) is 6.58 Å². The summed E-state index contributed by atoms with van der Waals surface area (Å²) < 4.78 is 5.41. The molecule has 14 heavy (non-hydrogen) atoms. The van der Waals surface area contributed by atoms with Crippen molar-refractivity contribution in [3.63, 3.8) is 0 Å². The van der Waals surface area contributed by atoms with Crippen LogP contribution in [-0.4, -0.2) is 5.11 Å². The number of aliphatic hydroxyl groups is 1. The van der Waals surface area contributed by atoms with Gasteiger partial charge in [0.05, 0.1) is 5.56 Å². The fraction of sp³-hybridized carbons (Fsp3) is 0.167. The molecule has 2 nitrogen and oxygen atoms in total. The van der Waals surface area contributed by atoms with E-state index in [-0.39, 0.29) is 5.76 Å². The second-order valence-electron chi connectivity index (χ2n) is 3.53. The first-order valence-electron chi connectivity index (χ1n) is 4.47. The van der Waals surface area contributed by atoms with Gasteiger partial charge in [0.2, 0.25) is 0 Å². The van der Waals surface area contributed by atoms with Gasteiger partial charge in [-0.2, -0.15) is 0 Å². The molecule has 1 aromatic carbocycles. The van der Waals surface area contributed by atoms with Crippen molar-refractivity contribution in [3.05, 3.63) is 47.2 Å². The van der Waals surface area contributed by atoms with Crippen LogP contribution in [0.3, 0.4) is 0 Å². The quantitative estimate of drug-likeness (QED) is 0.677. The molecule has 2 rings (SSSR count). The normalized spacial score (nSPS) is 14.4. The lowest BCUT2D eigenvalue weighted by Crippen LogP contribution is -2.03. The van der Waals surface area contributed by atoms with E-state index in [1.54, 1.807) is 0 Å². The van der Waals surface area contributed by atoms with Crippen molar-refractivity contribution >= 4 is 5.76 Å². The average Bonchev–Trinajstić information content (AvgIpc) is 2.08. The van der Waals surface area contributed by atoms with Crippen LogP contribution in [0.2, 0.25) is 0 Å². The first-order valence-corrected chi connectivity index (χ1v) is 4.47. The number of aliphatic hydroxyl groups excluding tert-OH is 1. The fourth-order valence-corrected chi connectivity index (χ4v) is 1.48. The summed E-state index contributed by atoms with van der Waals surface area (Å²) >= 11 is 0. The summed E-state index contributed by atoms with van der Waals surface area (Å²) in [7, 11) is 0. The number of fused-ring (bicyclic) bond motifs is 1. The van der Waals surface area contributed by atoms with Crippen molar-refractivity contribution < 1.29 is 9.84 Å². The highest BCUT2D eigenvalue weighted by molar-refractivity contribution is 5.70. The Morgan fingerprint density at radius 2 is 1.86 bits per heavy atom. The van der Waals surface area contributed by atoms with Crippen LogP contribution in [0.25, 0.3) is 5.76 Å². The number of benzene rings is 1. The maximum atomic E-state index is 9.67. The third kappa shape index (κ3) is 1.29. The third-order valence-corrected chi connectivity index (χ3v) is 2.41. The van der Waals surface area contributed by atoms with E-state index in [1.165, 1.54) is 6.08 Å². The molecule has 0 radical (unpaired) electrons. The van der Waals surface area contributed by atoms with Gasteiger partial charge in [-0.25, -0.2) is 0 Å². The Morgan fingerprint density at radius 1 is 1.21 bits per heavy atom. The highest BCUT2D eigenvalue weighted by atomic mass is 16.5. The van der Waals surface area contributed by atoms with E-state index < -0.39 is 0 Å². The number of ether oxygens (including phenoxy) is 1. The number of hydrogen-bond acceptors (Lipinski definition) is 2. The highest BCUT2D eigenvalue weighted by Crippen LogP contribution is 2.33. The molecule has 0 saturated carbocycles. The van der Waals surface area contributed by atoms with Crippen LogP contribution in [0.15, 0.2) is 30.5 Å². The Labute approximate surface area is 83.1 Å². The third-order valence-electron chi connectivity index (χ3n) is 2.41. The zero-order valence-electron chi connectivity index (χ0n) is 8.29. The van der Waals surface area contributed by atoms with E-state index in [0.717, 1.165) is 16.7 Å². The minimum Gasteiger partial charge on any atom is -0.507 e. The van der Waals surface area contributed by atoms with Crippen molar-refractivity contribution in [2.45, 2.75) is 13.8 Å². The van der Waals surface area contributed by atoms with Crippen molar-refractivity contribution in [1.82, 2.24) is 0 Å². The van der Waals surface area contributed by atoms with Gasteiger partial charge in [0, 0.05) is 6.08 Å². The van der Waals surface area contributed by atoms with Gasteiger partial charge in [-0.15, -0.1) is 0 Å². The van der Waals surface area contributed by atoms with E-state index in [1.807, 2.05) is 26.0 Å². The Hall–Kier alpha value is -1.70. The zero-order valence-corrected chi connectivity index (χ0v) is 8.29. The number of hydrogen-bond donors (Lipinski definition) is 1. The molecule has 0 amide bonds. The number of aryl methyl sites for hydroxylation is 2. The topological polar surface area (TPSA) is 29.5 Å². The molecule has 1 aliphatic rings. The minimum absolute atomic E-state index is 0.222. The number of rotatable bonds is 0. The molecular weight excluding hydrogens is 176 g/mol. The Kier molecular flexibility index (Phi) is 1.84. The summed E-state index contributed by atoms with van der Waals surface area (Å²) in [6.45, 7) is 7.67. The highest BCUT2D eigenvalue weighted by Gasteiger charge is 2.16. The molecule has 1 N–H and O–H groups in total. The Bertz CT molecular complexity index is 442. The van der Waals surface area contributed by atoms with Crippen LogP contribution in [0.5, 0.6) is 5.75 Å². The largest absolute Gasteiger partial charge is 0.507 e. The second kappa shape index (κ2) is 2.91. The van der Waals surface area contributed by atoms with Gasteiger partial charge in [-0.3, -0.25) is 0 Å². The lowest BCUT2D eigenvalue weighted by atomic mass is 10.0. The molecular formula is C12H12O2. The van der Waals surface area contributed by atoms with Crippen molar-refractivity contribution in [1.29, 1.82) is 0 Å². The summed E-state index contributed by atoms with van der Waals surface area (Å²) in [5.74, 6) is 1.37. The lowest BCUT2D eigenvalue weighted by molar-refractivity contribution is 0.420. The molecule has 0 saturated heterocycles. The Balaban J connectivity index is 2.64. The van der Waals surface area contributed by atoms with Gasteiger partial charge in [0.15, 0.2) is 0 Å². The molecule has 1 aromatic rings. The van der Waals surface area contributed by atoms with E-state index in [2.05, 4.69) is 6.58 Å².